The molecular weight excluding hydrogens is 320 g/mol. The Hall–Kier alpha value is -0.630. The Morgan fingerprint density at radius 2 is 1.94 bits per heavy atom. The smallest absolute Gasteiger partial charge is 0.243 e. The summed E-state index contributed by atoms with van der Waals surface area (Å²) >= 11 is 3.29. The maximum absolute atomic E-state index is 12.5. The van der Waals surface area contributed by atoms with E-state index in [1.807, 2.05) is 0 Å². The number of nitrogen functional groups attached to an aromatic ring is 1. The normalized spacial score (nSPS) is 17.9. The largest absolute Gasteiger partial charge is 0.398 e. The van der Waals surface area contributed by atoms with Crippen LogP contribution in [0, 0.1) is 6.92 Å². The fourth-order valence-corrected chi connectivity index (χ4v) is 3.98. The molecule has 0 unspecified atom stereocenters. The van der Waals surface area contributed by atoms with Gasteiger partial charge in [0.1, 0.15) is 0 Å². The molecule has 18 heavy (non-hydrogen) atoms. The quantitative estimate of drug-likeness (QED) is 0.829. The molecular formula is C11H15BrN2O3S. The van der Waals surface area contributed by atoms with Crippen molar-refractivity contribution in [2.45, 2.75) is 11.8 Å². The van der Waals surface area contributed by atoms with Crippen molar-refractivity contribution in [3.05, 3.63) is 22.2 Å². The fourth-order valence-electron chi connectivity index (χ4n) is 1.87. The van der Waals surface area contributed by atoms with Crippen LogP contribution in [-0.4, -0.2) is 39.0 Å². The van der Waals surface area contributed by atoms with E-state index >= 15 is 0 Å². The number of nitrogens with zero attached hydrogens (tertiary/aromatic N) is 1. The van der Waals surface area contributed by atoms with E-state index in [2.05, 4.69) is 15.9 Å². The highest BCUT2D eigenvalue weighted by molar-refractivity contribution is 9.10. The monoisotopic (exact) mass is 334 g/mol. The Bertz CT molecular complexity index is 554. The number of ether oxygens (including phenoxy) is 1. The molecule has 0 aromatic heterocycles. The van der Waals surface area contributed by atoms with Crippen molar-refractivity contribution in [3.63, 3.8) is 0 Å². The number of hydrogen-bond acceptors (Lipinski definition) is 4. The van der Waals surface area contributed by atoms with E-state index in [-0.39, 0.29) is 4.90 Å². The van der Waals surface area contributed by atoms with Crippen LogP contribution in [0.25, 0.3) is 0 Å². The van der Waals surface area contributed by atoms with E-state index in [9.17, 15) is 8.42 Å². The molecule has 1 aromatic rings. The molecule has 0 aliphatic carbocycles. The third-order valence-corrected chi connectivity index (χ3v) is 5.61. The van der Waals surface area contributed by atoms with E-state index in [0.29, 0.717) is 42.0 Å². The third kappa shape index (κ3) is 2.54. The lowest BCUT2D eigenvalue weighted by atomic mass is 10.2. The second-order valence-corrected chi connectivity index (χ2v) is 6.92. The van der Waals surface area contributed by atoms with Crippen molar-refractivity contribution in [2.24, 2.45) is 0 Å². The molecule has 1 saturated heterocycles. The summed E-state index contributed by atoms with van der Waals surface area (Å²) in [6, 6.07) is 3.23. The summed E-state index contributed by atoms with van der Waals surface area (Å²) in [5, 5.41) is 0. The number of aryl methyl sites for hydroxylation is 1. The van der Waals surface area contributed by atoms with Gasteiger partial charge in [0.25, 0.3) is 0 Å². The first-order chi connectivity index (χ1) is 8.43. The molecule has 0 bridgehead atoms. The highest BCUT2D eigenvalue weighted by Gasteiger charge is 2.28. The highest BCUT2D eigenvalue weighted by Crippen LogP contribution is 2.28. The van der Waals surface area contributed by atoms with Crippen molar-refractivity contribution < 1.29 is 13.2 Å². The van der Waals surface area contributed by atoms with E-state index in [0.717, 1.165) is 0 Å². The van der Waals surface area contributed by atoms with Gasteiger partial charge in [-0.3, -0.25) is 0 Å². The molecule has 1 fully saturated rings. The van der Waals surface area contributed by atoms with Gasteiger partial charge >= 0.3 is 0 Å². The van der Waals surface area contributed by atoms with Gasteiger partial charge in [0.15, 0.2) is 0 Å². The third-order valence-electron chi connectivity index (χ3n) is 2.88. The fraction of sp³-hybridized carbons (Fsp3) is 0.455. The summed E-state index contributed by atoms with van der Waals surface area (Å²) in [6.07, 6.45) is 0. The van der Waals surface area contributed by atoms with Gasteiger partial charge in [0.05, 0.1) is 18.1 Å². The molecule has 2 rings (SSSR count). The van der Waals surface area contributed by atoms with Gasteiger partial charge in [-0.15, -0.1) is 0 Å². The molecule has 1 aromatic carbocycles. The SMILES string of the molecule is Cc1cc(Br)c(N)cc1S(=O)(=O)N1CCOCC1. The average molecular weight is 335 g/mol. The summed E-state index contributed by atoms with van der Waals surface area (Å²) < 4.78 is 32.3. The van der Waals surface area contributed by atoms with E-state index in [1.54, 1.807) is 13.0 Å². The lowest BCUT2D eigenvalue weighted by Crippen LogP contribution is -2.40. The van der Waals surface area contributed by atoms with Crippen LogP contribution < -0.4 is 5.73 Å². The van der Waals surface area contributed by atoms with Crippen LogP contribution in [0.5, 0.6) is 0 Å². The van der Waals surface area contributed by atoms with Crippen molar-refractivity contribution in [3.8, 4) is 0 Å². The Morgan fingerprint density at radius 3 is 2.56 bits per heavy atom. The van der Waals surface area contributed by atoms with Gasteiger partial charge in [-0.2, -0.15) is 4.31 Å². The van der Waals surface area contributed by atoms with Gasteiger partial charge in [-0.1, -0.05) is 0 Å². The van der Waals surface area contributed by atoms with Crippen LogP contribution in [0.2, 0.25) is 0 Å². The minimum Gasteiger partial charge on any atom is -0.398 e. The number of halogens is 1. The van der Waals surface area contributed by atoms with Crippen LogP contribution in [0.3, 0.4) is 0 Å². The molecule has 5 nitrogen and oxygen atoms in total. The van der Waals surface area contributed by atoms with Crippen LogP contribution in [-0.2, 0) is 14.8 Å². The Kier molecular flexibility index (Phi) is 3.96. The second-order valence-electron chi connectivity index (χ2n) is 4.16. The number of hydrogen-bond donors (Lipinski definition) is 1. The molecule has 1 aliphatic rings. The summed E-state index contributed by atoms with van der Waals surface area (Å²) in [5.74, 6) is 0. The van der Waals surface area contributed by atoms with Crippen LogP contribution in [0.1, 0.15) is 5.56 Å². The van der Waals surface area contributed by atoms with Gasteiger partial charge in [0.2, 0.25) is 10.0 Å². The number of sulfonamides is 1. The summed E-state index contributed by atoms with van der Waals surface area (Å²) in [7, 11) is -3.48. The molecule has 0 radical (unpaired) electrons. The zero-order chi connectivity index (χ0) is 13.3. The predicted octanol–water partition coefficient (Wildman–Crippen LogP) is 1.36. The first kappa shape index (κ1) is 13.8. The number of benzene rings is 1. The number of anilines is 1. The van der Waals surface area contributed by atoms with E-state index < -0.39 is 10.0 Å². The minimum absolute atomic E-state index is 0.269. The average Bonchev–Trinajstić information content (AvgIpc) is 2.34. The highest BCUT2D eigenvalue weighted by atomic mass is 79.9. The molecule has 100 valence electrons. The molecule has 1 heterocycles. The molecule has 0 saturated carbocycles. The van der Waals surface area contributed by atoms with Crippen LogP contribution in [0.15, 0.2) is 21.5 Å². The lowest BCUT2D eigenvalue weighted by molar-refractivity contribution is 0.0730. The Balaban J connectivity index is 2.43. The molecule has 7 heteroatoms. The summed E-state index contributed by atoms with van der Waals surface area (Å²) in [6.45, 7) is 3.40. The standard InChI is InChI=1S/C11H15BrN2O3S/c1-8-6-9(12)10(13)7-11(8)18(15,16)14-2-4-17-5-3-14/h6-7H,2-5,13H2,1H3. The number of rotatable bonds is 2. The zero-order valence-corrected chi connectivity index (χ0v) is 12.4. The topological polar surface area (TPSA) is 72.6 Å². The predicted molar refractivity (Wildman–Crippen MR) is 72.9 cm³/mol. The Morgan fingerprint density at radius 1 is 1.33 bits per heavy atom. The van der Waals surface area contributed by atoms with Crippen LogP contribution in [0.4, 0.5) is 5.69 Å². The van der Waals surface area contributed by atoms with Crippen molar-refractivity contribution >= 4 is 31.6 Å². The van der Waals surface area contributed by atoms with Gasteiger partial charge in [0, 0.05) is 23.2 Å². The van der Waals surface area contributed by atoms with Crippen molar-refractivity contribution in [1.29, 1.82) is 0 Å². The maximum atomic E-state index is 12.5. The number of morpholine rings is 1. The molecule has 1 aliphatic heterocycles. The molecule has 2 N–H and O–H groups in total. The Labute approximate surface area is 115 Å². The van der Waals surface area contributed by atoms with Crippen LogP contribution >= 0.6 is 15.9 Å². The van der Waals surface area contributed by atoms with Gasteiger partial charge in [-0.25, -0.2) is 8.42 Å². The second kappa shape index (κ2) is 5.16. The first-order valence-corrected chi connectivity index (χ1v) is 7.80. The van der Waals surface area contributed by atoms with E-state index in [1.165, 1.54) is 10.4 Å². The first-order valence-electron chi connectivity index (χ1n) is 5.56. The molecule has 0 atom stereocenters. The van der Waals surface area contributed by atoms with Gasteiger partial charge in [-0.05, 0) is 40.5 Å². The van der Waals surface area contributed by atoms with Crippen molar-refractivity contribution in [1.82, 2.24) is 4.31 Å². The summed E-state index contributed by atoms with van der Waals surface area (Å²) in [5.41, 5.74) is 6.87. The van der Waals surface area contributed by atoms with Crippen molar-refractivity contribution in [2.75, 3.05) is 32.0 Å². The molecule has 0 spiro atoms. The van der Waals surface area contributed by atoms with Gasteiger partial charge < -0.3 is 10.5 Å². The number of nitrogens with two attached hydrogens (primary N) is 1. The zero-order valence-electron chi connectivity index (χ0n) is 10.0. The maximum Gasteiger partial charge on any atom is 0.243 e. The molecule has 0 amide bonds. The summed E-state index contributed by atoms with van der Waals surface area (Å²) in [4.78, 5) is 0.269. The van der Waals surface area contributed by atoms with E-state index in [4.69, 9.17) is 10.5 Å². The minimum atomic E-state index is -3.48. The lowest BCUT2D eigenvalue weighted by Gasteiger charge is -2.26.